The van der Waals surface area contributed by atoms with Gasteiger partial charge in [-0.3, -0.25) is 0 Å². The van der Waals surface area contributed by atoms with Crippen molar-refractivity contribution < 1.29 is 5.84 Å². The Morgan fingerprint density at radius 3 is 2.44 bits per heavy atom. The highest BCUT2D eigenvalue weighted by Gasteiger charge is 2.00. The highest BCUT2D eigenvalue weighted by molar-refractivity contribution is 5.75. The Balaban J connectivity index is 0. The first-order valence-corrected chi connectivity index (χ1v) is 5.79. The van der Waals surface area contributed by atoms with Gasteiger partial charge < -0.3 is 4.42 Å². The summed E-state index contributed by atoms with van der Waals surface area (Å²) in [5, 5.41) is 0. The second kappa shape index (κ2) is 7.69. The van der Waals surface area contributed by atoms with Crippen LogP contribution >= 0.6 is 0 Å². The number of aryl methyl sites for hydroxylation is 1. The molecule has 90 valence electrons. The van der Waals surface area contributed by atoms with Crippen molar-refractivity contribution in [2.24, 2.45) is 0 Å². The number of nitrogens with zero attached hydrogens (tertiary/aromatic N) is 1. The molecule has 2 heteroatoms. The van der Waals surface area contributed by atoms with Crippen molar-refractivity contribution in [1.82, 2.24) is 4.98 Å². The molecule has 0 radical (unpaired) electrons. The van der Waals surface area contributed by atoms with Crippen LogP contribution in [0.4, 0.5) is 0 Å². The molecular formula is C14H23NO. The molecule has 0 saturated heterocycles. The van der Waals surface area contributed by atoms with Gasteiger partial charge in [0.1, 0.15) is 5.52 Å². The summed E-state index contributed by atoms with van der Waals surface area (Å²) >= 11 is 0. The van der Waals surface area contributed by atoms with Crippen molar-refractivity contribution in [2.75, 3.05) is 0 Å². The van der Waals surface area contributed by atoms with E-state index in [0.29, 0.717) is 5.89 Å². The zero-order valence-corrected chi connectivity index (χ0v) is 10.9. The molecule has 1 aromatic heterocycles. The summed E-state index contributed by atoms with van der Waals surface area (Å²) in [4.78, 5) is 4.21. The molecule has 0 aliphatic carbocycles. The Bertz CT molecular complexity index is 435. The maximum Gasteiger partial charge on any atom is 0.192 e. The predicted octanol–water partition coefficient (Wildman–Crippen LogP) is 5.08. The first-order valence-electron chi connectivity index (χ1n) is 5.79. The van der Waals surface area contributed by atoms with Crippen LogP contribution in [0.15, 0.2) is 29.2 Å². The largest absolute Gasteiger partial charge is 0.441 e. The molecule has 0 bridgehead atoms. The van der Waals surface area contributed by atoms with Crippen molar-refractivity contribution in [2.45, 2.75) is 34.6 Å². The molecule has 0 aliphatic rings. The molecule has 1 aromatic carbocycles. The average molecular weight is 221 g/mol. The van der Waals surface area contributed by atoms with Crippen LogP contribution in [0.3, 0.4) is 0 Å². The molecule has 2 aromatic rings. The molecule has 2 rings (SSSR count). The molecule has 0 saturated carbocycles. The van der Waals surface area contributed by atoms with E-state index in [1.165, 1.54) is 0 Å². The lowest BCUT2D eigenvalue weighted by molar-refractivity contribution is 0.561. The normalized spacial score (nSPS) is 8.56. The maximum absolute atomic E-state index is 5.32. The molecular weight excluding hydrogens is 198 g/mol. The van der Waals surface area contributed by atoms with Gasteiger partial charge in [0.05, 0.1) is 0 Å². The Hall–Kier alpha value is -1.57. The third-order valence-electron chi connectivity index (χ3n) is 1.75. The number of aromatic nitrogens is 1. The summed E-state index contributed by atoms with van der Waals surface area (Å²) in [5.41, 5.74) is 2.79. The van der Waals surface area contributed by atoms with Crippen LogP contribution in [-0.2, 0) is 0 Å². The summed E-state index contributed by atoms with van der Waals surface area (Å²) < 4.78 is 5.32. The van der Waals surface area contributed by atoms with Crippen LogP contribution in [0.25, 0.3) is 17.2 Å². The smallest absolute Gasteiger partial charge is 0.192 e. The molecule has 0 N–H and O–H groups in total. The minimum atomic E-state index is 0. The number of fused-ring (bicyclic) bond motifs is 1. The Labute approximate surface area is 99.5 Å². The Kier molecular flexibility index (Phi) is 6.93. The van der Waals surface area contributed by atoms with Crippen LogP contribution in [0.5, 0.6) is 0 Å². The van der Waals surface area contributed by atoms with Gasteiger partial charge in [-0.25, -0.2) is 4.98 Å². The van der Waals surface area contributed by atoms with Gasteiger partial charge in [0.25, 0.3) is 0 Å². The van der Waals surface area contributed by atoms with Gasteiger partial charge in [-0.1, -0.05) is 46.4 Å². The number of benzene rings is 1. The number of hydrogen-bond donors (Lipinski definition) is 0. The summed E-state index contributed by atoms with van der Waals surface area (Å²) in [6.07, 6.45) is 1.80. The average Bonchev–Trinajstić information content (AvgIpc) is 2.73. The zero-order chi connectivity index (χ0) is 12.6. The van der Waals surface area contributed by atoms with Crippen LogP contribution < -0.4 is 0 Å². The van der Waals surface area contributed by atoms with Gasteiger partial charge in [0.15, 0.2) is 11.5 Å². The summed E-state index contributed by atoms with van der Waals surface area (Å²) in [5.74, 6) is 0.700. The molecule has 0 unspecified atom stereocenters. The molecule has 0 fully saturated rings. The fourth-order valence-electron chi connectivity index (χ4n) is 1.19. The van der Waals surface area contributed by atoms with E-state index in [1.54, 1.807) is 6.08 Å². The maximum atomic E-state index is 5.32. The van der Waals surface area contributed by atoms with Gasteiger partial charge in [0, 0.05) is 8.35 Å². The first kappa shape index (κ1) is 14.4. The van der Waals surface area contributed by atoms with Crippen LogP contribution in [0.1, 0.15) is 40.6 Å². The second-order valence-corrected chi connectivity index (χ2v) is 2.66. The van der Waals surface area contributed by atoms with Crippen molar-refractivity contribution in [3.63, 3.8) is 0 Å². The summed E-state index contributed by atoms with van der Waals surface area (Å²) in [6, 6.07) is 5.82. The van der Waals surface area contributed by atoms with Gasteiger partial charge in [-0.15, -0.1) is 0 Å². The van der Waals surface area contributed by atoms with E-state index in [9.17, 15) is 0 Å². The molecule has 0 amide bonds. The SMILES string of the molecule is C=Cc1ccc2oc(C)nc2c1.CC.CC.[HH]. The molecule has 0 atom stereocenters. The minimum absolute atomic E-state index is 0. The third-order valence-corrected chi connectivity index (χ3v) is 1.75. The molecule has 0 aliphatic heterocycles. The van der Waals surface area contributed by atoms with E-state index in [0.717, 1.165) is 16.7 Å². The van der Waals surface area contributed by atoms with Gasteiger partial charge >= 0.3 is 0 Å². The van der Waals surface area contributed by atoms with Crippen LogP contribution in [0.2, 0.25) is 0 Å². The lowest BCUT2D eigenvalue weighted by Crippen LogP contribution is -1.71. The minimum Gasteiger partial charge on any atom is -0.441 e. The highest BCUT2D eigenvalue weighted by atomic mass is 16.3. The van der Waals surface area contributed by atoms with E-state index in [2.05, 4.69) is 11.6 Å². The van der Waals surface area contributed by atoms with Crippen molar-refractivity contribution >= 4 is 17.2 Å². The molecule has 2 nitrogen and oxygen atoms in total. The molecule has 0 spiro atoms. The van der Waals surface area contributed by atoms with Crippen molar-refractivity contribution in [3.8, 4) is 0 Å². The second-order valence-electron chi connectivity index (χ2n) is 2.66. The standard InChI is InChI=1S/C10H9NO.2C2H6.H2/c1-3-8-4-5-10-9(6-8)11-7(2)12-10;2*1-2;/h3-6H,1H2,2H3;2*1-2H3;1H. The van der Waals surface area contributed by atoms with Gasteiger partial charge in [-0.2, -0.15) is 0 Å². The quantitative estimate of drug-likeness (QED) is 0.671. The Morgan fingerprint density at radius 2 is 1.88 bits per heavy atom. The predicted molar refractivity (Wildman–Crippen MR) is 73.6 cm³/mol. The van der Waals surface area contributed by atoms with Gasteiger partial charge in [-0.05, 0) is 17.7 Å². The summed E-state index contributed by atoms with van der Waals surface area (Å²) in [6.45, 7) is 13.5. The zero-order valence-electron chi connectivity index (χ0n) is 10.9. The monoisotopic (exact) mass is 221 g/mol. The Morgan fingerprint density at radius 1 is 1.25 bits per heavy atom. The van der Waals surface area contributed by atoms with E-state index in [-0.39, 0.29) is 1.43 Å². The third kappa shape index (κ3) is 3.54. The van der Waals surface area contributed by atoms with E-state index in [4.69, 9.17) is 4.42 Å². The number of hydrogen-bond acceptors (Lipinski definition) is 2. The van der Waals surface area contributed by atoms with E-state index < -0.39 is 0 Å². The van der Waals surface area contributed by atoms with Gasteiger partial charge in [0.2, 0.25) is 0 Å². The molecule has 1 heterocycles. The fraction of sp³-hybridized carbons (Fsp3) is 0.357. The van der Waals surface area contributed by atoms with Crippen LogP contribution in [-0.4, -0.2) is 4.98 Å². The van der Waals surface area contributed by atoms with Crippen molar-refractivity contribution in [3.05, 3.63) is 36.2 Å². The van der Waals surface area contributed by atoms with Crippen LogP contribution in [0, 0.1) is 6.92 Å². The number of rotatable bonds is 1. The van der Waals surface area contributed by atoms with E-state index >= 15 is 0 Å². The topological polar surface area (TPSA) is 26.0 Å². The lowest BCUT2D eigenvalue weighted by Gasteiger charge is -1.89. The van der Waals surface area contributed by atoms with Crippen molar-refractivity contribution in [1.29, 1.82) is 0 Å². The highest BCUT2D eigenvalue weighted by Crippen LogP contribution is 2.16. The van der Waals surface area contributed by atoms with E-state index in [1.807, 2.05) is 52.8 Å². The fourth-order valence-corrected chi connectivity index (χ4v) is 1.19. The molecule has 16 heavy (non-hydrogen) atoms. The number of oxazole rings is 1. The summed E-state index contributed by atoms with van der Waals surface area (Å²) in [7, 11) is 0. The lowest BCUT2D eigenvalue weighted by atomic mass is 10.2. The first-order chi connectivity index (χ1) is 7.79.